The third-order valence-corrected chi connectivity index (χ3v) is 2.92. The Morgan fingerprint density at radius 1 is 1.38 bits per heavy atom. The minimum Gasteiger partial charge on any atom is -0.388 e. The number of esters is 2. The summed E-state index contributed by atoms with van der Waals surface area (Å²) < 4.78 is 4.36. The van der Waals surface area contributed by atoms with Gasteiger partial charge in [-0.25, -0.2) is 9.59 Å². The molecule has 1 N–H and O–H groups in total. The Balaban J connectivity index is 2.67. The second kappa shape index (κ2) is 5.80. The third kappa shape index (κ3) is 2.92. The van der Waals surface area contributed by atoms with E-state index in [1.807, 2.05) is 6.92 Å². The first-order chi connectivity index (χ1) is 7.60. The third-order valence-electron chi connectivity index (χ3n) is 2.92. The van der Waals surface area contributed by atoms with Gasteiger partial charge >= 0.3 is 11.9 Å². The number of hydrogen-bond acceptors (Lipinski definition) is 4. The van der Waals surface area contributed by atoms with Crippen molar-refractivity contribution in [3.8, 4) is 0 Å². The van der Waals surface area contributed by atoms with Crippen molar-refractivity contribution in [1.29, 1.82) is 0 Å². The zero-order valence-corrected chi connectivity index (χ0v) is 9.73. The van der Waals surface area contributed by atoms with E-state index in [0.29, 0.717) is 0 Å². The molecule has 0 aromatic heterocycles. The molecule has 90 valence electrons. The molecular formula is C12H18O4. The number of ether oxygens (including phenoxy) is 1. The molecule has 0 amide bonds. The Morgan fingerprint density at radius 2 is 2.06 bits per heavy atom. The molecule has 0 aromatic rings. The molecule has 2 unspecified atom stereocenters. The molecule has 0 radical (unpaired) electrons. The monoisotopic (exact) mass is 226 g/mol. The van der Waals surface area contributed by atoms with Crippen LogP contribution in [0, 0.1) is 5.92 Å². The molecule has 0 aromatic carbocycles. The molecule has 1 aliphatic heterocycles. The van der Waals surface area contributed by atoms with Crippen LogP contribution in [-0.4, -0.2) is 23.1 Å². The lowest BCUT2D eigenvalue weighted by atomic mass is 9.89. The van der Waals surface area contributed by atoms with Crippen LogP contribution < -0.4 is 0 Å². The summed E-state index contributed by atoms with van der Waals surface area (Å²) in [4.78, 5) is 22.1. The first-order valence-corrected chi connectivity index (χ1v) is 5.75. The maximum atomic E-state index is 11.2. The fraction of sp³-hybridized carbons (Fsp3) is 0.667. The van der Waals surface area contributed by atoms with Crippen molar-refractivity contribution in [3.05, 3.63) is 11.6 Å². The van der Waals surface area contributed by atoms with Crippen LogP contribution in [0.2, 0.25) is 0 Å². The fourth-order valence-corrected chi connectivity index (χ4v) is 1.88. The van der Waals surface area contributed by atoms with Gasteiger partial charge in [-0.2, -0.15) is 0 Å². The molecule has 0 saturated heterocycles. The number of rotatable bonds is 6. The minimum atomic E-state index is -0.879. The molecule has 2 atom stereocenters. The maximum Gasteiger partial charge on any atom is 0.344 e. The van der Waals surface area contributed by atoms with Crippen molar-refractivity contribution in [1.82, 2.24) is 0 Å². The van der Waals surface area contributed by atoms with Gasteiger partial charge in [0.1, 0.15) is 0 Å². The van der Waals surface area contributed by atoms with E-state index in [0.717, 1.165) is 31.8 Å². The van der Waals surface area contributed by atoms with Gasteiger partial charge in [0, 0.05) is 6.08 Å². The van der Waals surface area contributed by atoms with Crippen LogP contribution in [0.4, 0.5) is 0 Å². The first-order valence-electron chi connectivity index (χ1n) is 5.75. The smallest absolute Gasteiger partial charge is 0.344 e. The number of carbonyl (C=O) groups is 2. The summed E-state index contributed by atoms with van der Waals surface area (Å²) in [5.74, 6) is -1.36. The van der Waals surface area contributed by atoms with E-state index >= 15 is 0 Å². The lowest BCUT2D eigenvalue weighted by Gasteiger charge is -2.20. The molecule has 0 spiro atoms. The van der Waals surface area contributed by atoms with Gasteiger partial charge in [0.2, 0.25) is 0 Å². The second-order valence-electron chi connectivity index (χ2n) is 4.06. The van der Waals surface area contributed by atoms with Crippen molar-refractivity contribution in [2.24, 2.45) is 5.92 Å². The first kappa shape index (κ1) is 12.9. The lowest BCUT2D eigenvalue weighted by molar-refractivity contribution is -0.151. The zero-order valence-electron chi connectivity index (χ0n) is 9.73. The number of cyclic esters (lactones) is 2. The quantitative estimate of drug-likeness (QED) is 0.551. The summed E-state index contributed by atoms with van der Waals surface area (Å²) in [6.07, 6.45) is 3.90. The maximum absolute atomic E-state index is 11.2. The highest BCUT2D eigenvalue weighted by atomic mass is 16.6. The highest BCUT2D eigenvalue weighted by Gasteiger charge is 2.32. The molecule has 0 bridgehead atoms. The minimum absolute atomic E-state index is 0.0182. The van der Waals surface area contributed by atoms with E-state index in [4.69, 9.17) is 0 Å². The predicted molar refractivity (Wildman–Crippen MR) is 58.5 cm³/mol. The molecule has 4 nitrogen and oxygen atoms in total. The van der Waals surface area contributed by atoms with Crippen LogP contribution in [0.3, 0.4) is 0 Å². The van der Waals surface area contributed by atoms with Crippen LogP contribution in [0.1, 0.15) is 39.5 Å². The van der Waals surface area contributed by atoms with Gasteiger partial charge < -0.3 is 9.84 Å². The summed E-state index contributed by atoms with van der Waals surface area (Å²) in [7, 11) is 0. The van der Waals surface area contributed by atoms with Crippen LogP contribution in [0.15, 0.2) is 11.6 Å². The normalized spacial score (nSPS) is 19.3. The summed E-state index contributed by atoms with van der Waals surface area (Å²) in [6.45, 7) is 4.04. The second-order valence-corrected chi connectivity index (χ2v) is 4.06. The summed E-state index contributed by atoms with van der Waals surface area (Å²) in [6, 6.07) is 0. The zero-order chi connectivity index (χ0) is 12.1. The SMILES string of the molecule is CCCCC(CC)C(O)C1=CC(=O)OC1=O. The van der Waals surface area contributed by atoms with Crippen LogP contribution >= 0.6 is 0 Å². The van der Waals surface area contributed by atoms with Crippen LogP contribution in [0.25, 0.3) is 0 Å². The van der Waals surface area contributed by atoms with Crippen LogP contribution in [0.5, 0.6) is 0 Å². The van der Waals surface area contributed by atoms with Crippen molar-refractivity contribution in [3.63, 3.8) is 0 Å². The summed E-state index contributed by atoms with van der Waals surface area (Å²) >= 11 is 0. The Kier molecular flexibility index (Phi) is 4.68. The molecule has 0 aliphatic carbocycles. The fourth-order valence-electron chi connectivity index (χ4n) is 1.88. The molecule has 1 rings (SSSR count). The molecule has 1 heterocycles. The molecule has 4 heteroatoms. The standard InChI is InChI=1S/C12H18O4/c1-3-5-6-8(4-2)11(14)9-7-10(13)16-12(9)15/h7-8,11,14H,3-6H2,1-2H3. The average molecular weight is 226 g/mol. The Hall–Kier alpha value is -1.16. The van der Waals surface area contributed by atoms with Crippen molar-refractivity contribution in [2.75, 3.05) is 0 Å². The van der Waals surface area contributed by atoms with Crippen molar-refractivity contribution < 1.29 is 19.4 Å². The number of aliphatic hydroxyl groups excluding tert-OH is 1. The van der Waals surface area contributed by atoms with Crippen molar-refractivity contribution in [2.45, 2.75) is 45.6 Å². The largest absolute Gasteiger partial charge is 0.388 e. The molecule has 1 aliphatic rings. The summed E-state index contributed by atoms with van der Waals surface area (Å²) in [5, 5.41) is 10.0. The van der Waals surface area contributed by atoms with Gasteiger partial charge in [0.15, 0.2) is 0 Å². The van der Waals surface area contributed by atoms with Gasteiger partial charge in [0.05, 0.1) is 11.7 Å². The van der Waals surface area contributed by atoms with Crippen molar-refractivity contribution >= 4 is 11.9 Å². The number of carbonyl (C=O) groups excluding carboxylic acids is 2. The van der Waals surface area contributed by atoms with Gasteiger partial charge in [-0.1, -0.05) is 33.1 Å². The lowest BCUT2D eigenvalue weighted by Crippen LogP contribution is -2.25. The van der Waals surface area contributed by atoms with Crippen LogP contribution in [-0.2, 0) is 14.3 Å². The van der Waals surface area contributed by atoms with E-state index in [-0.39, 0.29) is 11.5 Å². The number of hydrogen-bond donors (Lipinski definition) is 1. The molecule has 0 saturated carbocycles. The van der Waals surface area contributed by atoms with Gasteiger partial charge in [-0.05, 0) is 12.3 Å². The van der Waals surface area contributed by atoms with Gasteiger partial charge in [0.25, 0.3) is 0 Å². The average Bonchev–Trinajstić information content (AvgIpc) is 2.58. The van der Waals surface area contributed by atoms with Gasteiger partial charge in [-0.3, -0.25) is 0 Å². The summed E-state index contributed by atoms with van der Waals surface area (Å²) in [5.41, 5.74) is 0.105. The predicted octanol–water partition coefficient (Wildman–Crippen LogP) is 1.57. The van der Waals surface area contributed by atoms with E-state index in [2.05, 4.69) is 11.7 Å². The Morgan fingerprint density at radius 3 is 2.50 bits per heavy atom. The van der Waals surface area contributed by atoms with E-state index in [9.17, 15) is 14.7 Å². The molecule has 0 fully saturated rings. The molecular weight excluding hydrogens is 208 g/mol. The molecule has 16 heavy (non-hydrogen) atoms. The Labute approximate surface area is 95.3 Å². The van der Waals surface area contributed by atoms with E-state index in [1.165, 1.54) is 0 Å². The number of unbranched alkanes of at least 4 members (excludes halogenated alkanes) is 1. The van der Waals surface area contributed by atoms with Gasteiger partial charge in [-0.15, -0.1) is 0 Å². The topological polar surface area (TPSA) is 63.6 Å². The number of aliphatic hydroxyl groups is 1. The Bertz CT molecular complexity index is 306. The van der Waals surface area contributed by atoms with E-state index in [1.54, 1.807) is 0 Å². The highest BCUT2D eigenvalue weighted by Crippen LogP contribution is 2.25. The highest BCUT2D eigenvalue weighted by molar-refractivity contribution is 6.09. The van der Waals surface area contributed by atoms with E-state index < -0.39 is 18.0 Å².